The van der Waals surface area contributed by atoms with E-state index in [2.05, 4.69) is 26.6 Å². The lowest BCUT2D eigenvalue weighted by atomic mass is 9.53. The van der Waals surface area contributed by atoms with E-state index in [0.717, 1.165) is 25.9 Å². The molecule has 0 saturated heterocycles. The quantitative estimate of drug-likeness (QED) is 0.125. The summed E-state index contributed by atoms with van der Waals surface area (Å²) in [5.41, 5.74) is 1.30. The highest BCUT2D eigenvalue weighted by atomic mass is 35.5. The van der Waals surface area contributed by atoms with Crippen LogP contribution in [0, 0.1) is 59.2 Å². The Kier molecular flexibility index (Phi) is 15.9. The number of benzene rings is 2. The largest absolute Gasteiger partial charge is 0.356 e. The number of rotatable bonds is 16. The fourth-order valence-electron chi connectivity index (χ4n) is 10.4. The minimum absolute atomic E-state index is 0. The first kappa shape index (κ1) is 44.8. The van der Waals surface area contributed by atoms with Gasteiger partial charge in [-0.25, -0.2) is 0 Å². The van der Waals surface area contributed by atoms with Gasteiger partial charge < -0.3 is 31.1 Å². The fraction of sp³-hybridized carbons (Fsp3) is 0.591. The van der Waals surface area contributed by atoms with Crippen molar-refractivity contribution >= 4 is 59.2 Å². The lowest BCUT2D eigenvalue weighted by molar-refractivity contribution is -0.159. The van der Waals surface area contributed by atoms with Gasteiger partial charge in [0.1, 0.15) is 0 Å². The molecule has 0 heterocycles. The Hall–Kier alpha value is -4.33. The molecule has 0 radical (unpaired) electrons. The number of carbonyl (C=O) groups excluding carboxylic acids is 6. The van der Waals surface area contributed by atoms with E-state index < -0.39 is 59.2 Å². The van der Waals surface area contributed by atoms with Gasteiger partial charge in [0.25, 0.3) is 0 Å². The average Bonchev–Trinajstić information content (AvgIpc) is 3.21. The Morgan fingerprint density at radius 2 is 0.897 bits per heavy atom. The predicted molar refractivity (Wildman–Crippen MR) is 226 cm³/mol. The number of fused-ring (bicyclic) bond motifs is 6. The van der Waals surface area contributed by atoms with E-state index in [1.807, 2.05) is 98.7 Å². The van der Waals surface area contributed by atoms with Crippen LogP contribution in [0.15, 0.2) is 60.7 Å². The second kappa shape index (κ2) is 20.6. The maximum atomic E-state index is 14.7. The number of carbonyl (C=O) groups is 6. The third-order valence-electron chi connectivity index (χ3n) is 13.0. The molecule has 5 N–H and O–H groups in total. The van der Waals surface area contributed by atoms with Crippen LogP contribution in [0.3, 0.4) is 0 Å². The third-order valence-corrected chi connectivity index (χ3v) is 13.0. The molecule has 0 aromatic heterocycles. The van der Waals surface area contributed by atoms with Gasteiger partial charge in [0.2, 0.25) is 35.4 Å². The van der Waals surface area contributed by atoms with Crippen molar-refractivity contribution in [3.8, 4) is 0 Å². The molecule has 4 bridgehead atoms. The summed E-state index contributed by atoms with van der Waals surface area (Å²) in [4.78, 5) is 89.1. The minimum atomic E-state index is -0.918. The molecule has 2 aromatic rings. The maximum Gasteiger partial charge on any atom is 0.230 e. The molecule has 2 aromatic carbocycles. The molecule has 58 heavy (non-hydrogen) atoms. The highest BCUT2D eigenvalue weighted by Crippen LogP contribution is 2.54. The van der Waals surface area contributed by atoms with Gasteiger partial charge in [-0.1, -0.05) is 36.4 Å². The van der Waals surface area contributed by atoms with Crippen molar-refractivity contribution in [3.63, 3.8) is 0 Å². The zero-order valence-corrected chi connectivity index (χ0v) is 35.1. The molecule has 14 heteroatoms. The number of halogens is 1. The molecule has 6 amide bonds. The normalized spacial score (nSPS) is 28.2. The number of nitrogens with one attached hydrogen (secondary N) is 5. The Balaban J connectivity index is 0.00000641. The molecule has 6 aliphatic rings. The van der Waals surface area contributed by atoms with Crippen molar-refractivity contribution in [3.05, 3.63) is 60.7 Å². The molecule has 6 aliphatic carbocycles. The number of anilines is 2. The molecule has 10 atom stereocenters. The molecule has 0 spiro atoms. The highest BCUT2D eigenvalue weighted by Gasteiger charge is 2.58. The minimum Gasteiger partial charge on any atom is -0.356 e. The van der Waals surface area contributed by atoms with Crippen molar-refractivity contribution < 1.29 is 28.8 Å². The molecular formula is C44H62ClN7O6. The molecule has 13 nitrogen and oxygen atoms in total. The third kappa shape index (κ3) is 10.6. The summed E-state index contributed by atoms with van der Waals surface area (Å²) < 4.78 is 0. The molecule has 6 fully saturated rings. The van der Waals surface area contributed by atoms with Gasteiger partial charge in [0.05, 0.1) is 23.7 Å². The highest BCUT2D eigenvalue weighted by molar-refractivity contribution is 6.03. The van der Waals surface area contributed by atoms with Crippen molar-refractivity contribution in [1.82, 2.24) is 25.8 Å². The Morgan fingerprint density at radius 1 is 0.517 bits per heavy atom. The topological polar surface area (TPSA) is 169 Å². The number of para-hydroxylation sites is 2. The summed E-state index contributed by atoms with van der Waals surface area (Å²) in [7, 11) is 7.87. The summed E-state index contributed by atoms with van der Waals surface area (Å²) in [6.07, 6.45) is 4.96. The van der Waals surface area contributed by atoms with Gasteiger partial charge in [0, 0.05) is 36.3 Å². The zero-order valence-electron chi connectivity index (χ0n) is 34.3. The number of hydrogen-bond acceptors (Lipinski definition) is 8. The summed E-state index contributed by atoms with van der Waals surface area (Å²) in [6.45, 7) is 2.46. The number of hydrogen-bond donors (Lipinski definition) is 5. The van der Waals surface area contributed by atoms with Gasteiger partial charge in [0.15, 0.2) is 0 Å². The number of imide groups is 1. The second-order valence-electron chi connectivity index (χ2n) is 17.2. The smallest absolute Gasteiger partial charge is 0.230 e. The van der Waals surface area contributed by atoms with Gasteiger partial charge in [-0.05, 0) is 141 Å². The summed E-state index contributed by atoms with van der Waals surface area (Å²) in [5.74, 6) is -7.72. The summed E-state index contributed by atoms with van der Waals surface area (Å²) in [6, 6.07) is 18.3. The van der Waals surface area contributed by atoms with Crippen LogP contribution in [-0.4, -0.2) is 99.6 Å². The van der Waals surface area contributed by atoms with Crippen LogP contribution in [0.1, 0.15) is 51.4 Å². The zero-order chi connectivity index (χ0) is 40.6. The van der Waals surface area contributed by atoms with Crippen molar-refractivity contribution in [2.75, 3.05) is 65.0 Å². The Morgan fingerprint density at radius 3 is 1.26 bits per heavy atom. The van der Waals surface area contributed by atoms with Gasteiger partial charge in [-0.2, -0.15) is 0 Å². The average molecular weight is 820 g/mol. The Bertz CT molecular complexity index is 1620. The predicted octanol–water partition coefficient (Wildman–Crippen LogP) is 4.02. The van der Waals surface area contributed by atoms with Gasteiger partial charge in [-0.15, -0.1) is 12.4 Å². The van der Waals surface area contributed by atoms with Crippen molar-refractivity contribution in [1.29, 1.82) is 0 Å². The maximum absolute atomic E-state index is 14.7. The first-order valence-electron chi connectivity index (χ1n) is 20.8. The van der Waals surface area contributed by atoms with E-state index >= 15 is 0 Å². The Labute approximate surface area is 349 Å². The first-order valence-corrected chi connectivity index (χ1v) is 20.8. The summed E-state index contributed by atoms with van der Waals surface area (Å²) in [5, 5.41) is 14.9. The van der Waals surface area contributed by atoms with Crippen LogP contribution in [0.25, 0.3) is 0 Å². The fourth-order valence-corrected chi connectivity index (χ4v) is 10.4. The standard InChI is InChI=1S/C44H61N7O6.ClH/c1-50(2)23-11-21-45-41(54)35-27-17-19-31(33(25-27)39(52)47-29-13-7-5-8-14-29)37(35)43(56)49-44(57)38-32-20-18-28(36(38)42(55)46-22-12-24-51(3)4)26-34(32)40(53)48-30-15-9-6-10-16-30;/h5-10,13-16,27-28,31-38H,11-12,17-26H2,1-4H3,(H,45,54)(H,46,55)(H,47,52)(H,48,53)(H,49,56,57);1H. The van der Waals surface area contributed by atoms with Gasteiger partial charge in [-0.3, -0.25) is 34.1 Å². The van der Waals surface area contributed by atoms with Crippen LogP contribution in [0.5, 0.6) is 0 Å². The molecule has 316 valence electrons. The van der Waals surface area contributed by atoms with Crippen molar-refractivity contribution in [2.24, 2.45) is 59.2 Å². The van der Waals surface area contributed by atoms with Gasteiger partial charge >= 0.3 is 0 Å². The lowest BCUT2D eigenvalue weighted by Crippen LogP contribution is -2.61. The van der Waals surface area contributed by atoms with E-state index in [4.69, 9.17) is 0 Å². The molecular weight excluding hydrogens is 758 g/mol. The van der Waals surface area contributed by atoms with E-state index in [0.29, 0.717) is 63.0 Å². The monoisotopic (exact) mass is 819 g/mol. The van der Waals surface area contributed by atoms with Crippen LogP contribution >= 0.6 is 12.4 Å². The van der Waals surface area contributed by atoms with Crippen LogP contribution in [-0.2, 0) is 28.8 Å². The molecule has 10 unspecified atom stereocenters. The molecule has 8 rings (SSSR count). The van der Waals surface area contributed by atoms with Crippen LogP contribution < -0.4 is 26.6 Å². The SMILES string of the molecule is CN(C)CCCNC(=O)C1C2CCC(C(C(=O)Nc3ccccc3)C2)C1C(=O)NC(=O)C1C2CCC(CC2C(=O)Nc2ccccc2)C1C(=O)NCCCN(C)C.Cl. The molecule has 0 aliphatic heterocycles. The molecule has 6 saturated carbocycles. The van der Waals surface area contributed by atoms with E-state index in [1.54, 1.807) is 0 Å². The lowest BCUT2D eigenvalue weighted by Gasteiger charge is -2.51. The first-order chi connectivity index (χ1) is 27.4. The van der Waals surface area contributed by atoms with E-state index in [9.17, 15) is 28.8 Å². The van der Waals surface area contributed by atoms with Crippen molar-refractivity contribution in [2.45, 2.75) is 51.4 Å². The van der Waals surface area contributed by atoms with E-state index in [1.165, 1.54) is 0 Å². The number of amides is 6. The summed E-state index contributed by atoms with van der Waals surface area (Å²) >= 11 is 0. The van der Waals surface area contributed by atoms with Crippen LogP contribution in [0.2, 0.25) is 0 Å². The van der Waals surface area contributed by atoms with Crippen LogP contribution in [0.4, 0.5) is 11.4 Å². The second-order valence-corrected chi connectivity index (χ2v) is 17.2. The van der Waals surface area contributed by atoms with E-state index in [-0.39, 0.29) is 47.9 Å². The number of nitrogens with zero attached hydrogens (tertiary/aromatic N) is 2.